The van der Waals surface area contributed by atoms with Crippen LogP contribution in [0, 0.1) is 0 Å². The van der Waals surface area contributed by atoms with Gasteiger partial charge in [-0.2, -0.15) is 13.2 Å². The lowest BCUT2D eigenvalue weighted by Crippen LogP contribution is -2.50. The van der Waals surface area contributed by atoms with E-state index in [-0.39, 0.29) is 42.3 Å². The SMILES string of the molecule is C=CCN1C(=O)N[C@@H](c2ccccc2C(F)(F)F)C2=C1CN([C@H](Cc1ccccc1)C(=O)NCCCN1CCOCC1)C2=O. The molecule has 2 aromatic rings. The molecule has 2 N–H and O–H groups in total. The van der Waals surface area contributed by atoms with E-state index in [0.29, 0.717) is 26.2 Å². The van der Waals surface area contributed by atoms with E-state index in [1.54, 1.807) is 0 Å². The second-order valence-corrected chi connectivity index (χ2v) is 11.0. The second-order valence-electron chi connectivity index (χ2n) is 11.0. The van der Waals surface area contributed by atoms with Crippen molar-refractivity contribution in [2.45, 2.75) is 31.1 Å². The van der Waals surface area contributed by atoms with E-state index >= 15 is 0 Å². The van der Waals surface area contributed by atoms with Crippen molar-refractivity contribution in [3.63, 3.8) is 0 Å². The van der Waals surface area contributed by atoms with Crippen LogP contribution in [0.2, 0.25) is 0 Å². The van der Waals surface area contributed by atoms with Gasteiger partial charge in [0.25, 0.3) is 5.91 Å². The lowest BCUT2D eigenvalue weighted by molar-refractivity contribution is -0.138. The number of benzene rings is 2. The molecule has 9 nitrogen and oxygen atoms in total. The van der Waals surface area contributed by atoms with Crippen LogP contribution in [0.25, 0.3) is 0 Å². The number of halogens is 3. The number of carbonyl (C=O) groups is 3. The molecule has 0 unspecified atom stereocenters. The average molecular weight is 612 g/mol. The Hall–Kier alpha value is -4.16. The number of hydrogen-bond donors (Lipinski definition) is 2. The van der Waals surface area contributed by atoms with Gasteiger partial charge in [-0.1, -0.05) is 54.6 Å². The maximum Gasteiger partial charge on any atom is 0.416 e. The number of nitrogens with zero attached hydrogens (tertiary/aromatic N) is 3. The molecule has 44 heavy (non-hydrogen) atoms. The van der Waals surface area contributed by atoms with E-state index in [0.717, 1.165) is 31.3 Å². The summed E-state index contributed by atoms with van der Waals surface area (Å²) in [7, 11) is 0. The fraction of sp³-hybridized carbons (Fsp3) is 0.406. The van der Waals surface area contributed by atoms with Gasteiger partial charge in [0.05, 0.1) is 42.6 Å². The number of rotatable bonds is 11. The molecule has 0 aliphatic carbocycles. The van der Waals surface area contributed by atoms with E-state index in [9.17, 15) is 27.6 Å². The molecule has 2 aromatic carbocycles. The third-order valence-electron chi connectivity index (χ3n) is 8.14. The molecular weight excluding hydrogens is 575 g/mol. The summed E-state index contributed by atoms with van der Waals surface area (Å²) in [5.41, 5.74) is -0.0872. The van der Waals surface area contributed by atoms with Crippen LogP contribution < -0.4 is 10.6 Å². The Morgan fingerprint density at radius 3 is 2.50 bits per heavy atom. The molecule has 12 heteroatoms. The third-order valence-corrected chi connectivity index (χ3v) is 8.14. The molecule has 5 rings (SSSR count). The zero-order valence-electron chi connectivity index (χ0n) is 24.3. The Kier molecular flexibility index (Phi) is 9.70. The summed E-state index contributed by atoms with van der Waals surface area (Å²) >= 11 is 0. The second kappa shape index (κ2) is 13.6. The van der Waals surface area contributed by atoms with Crippen molar-refractivity contribution >= 4 is 17.8 Å². The van der Waals surface area contributed by atoms with Crippen LogP contribution in [0.4, 0.5) is 18.0 Å². The average Bonchev–Trinajstić information content (AvgIpc) is 3.36. The van der Waals surface area contributed by atoms with E-state index in [1.807, 2.05) is 30.3 Å². The Balaban J connectivity index is 1.43. The molecule has 2 atom stereocenters. The first kappa shape index (κ1) is 31.3. The molecule has 0 radical (unpaired) electrons. The molecule has 3 aliphatic rings. The van der Waals surface area contributed by atoms with Gasteiger partial charge in [-0.05, 0) is 30.2 Å². The number of urea groups is 1. The Morgan fingerprint density at radius 1 is 1.09 bits per heavy atom. The van der Waals surface area contributed by atoms with Gasteiger partial charge < -0.3 is 20.3 Å². The maximum absolute atomic E-state index is 14.2. The summed E-state index contributed by atoms with van der Waals surface area (Å²) in [6, 6.07) is 11.2. The smallest absolute Gasteiger partial charge is 0.379 e. The molecule has 4 amide bonds. The van der Waals surface area contributed by atoms with Crippen molar-refractivity contribution in [3.8, 4) is 0 Å². The summed E-state index contributed by atoms with van der Waals surface area (Å²) in [5.74, 6) is -0.966. The number of hydrogen-bond acceptors (Lipinski definition) is 5. The quantitative estimate of drug-likeness (QED) is 0.300. The zero-order chi connectivity index (χ0) is 31.3. The van der Waals surface area contributed by atoms with Crippen molar-refractivity contribution in [3.05, 3.63) is 95.2 Å². The lowest BCUT2D eigenvalue weighted by Gasteiger charge is -2.33. The predicted molar refractivity (Wildman–Crippen MR) is 157 cm³/mol. The Labute approximate surface area is 254 Å². The maximum atomic E-state index is 14.2. The molecule has 0 spiro atoms. The number of carbonyl (C=O) groups excluding carboxylic acids is 3. The highest BCUT2D eigenvalue weighted by molar-refractivity contribution is 6.03. The van der Waals surface area contributed by atoms with Crippen molar-refractivity contribution in [1.82, 2.24) is 25.3 Å². The topological polar surface area (TPSA) is 94.2 Å². The van der Waals surface area contributed by atoms with Gasteiger partial charge in [-0.3, -0.25) is 19.4 Å². The summed E-state index contributed by atoms with van der Waals surface area (Å²) in [4.78, 5) is 46.1. The van der Waals surface area contributed by atoms with Crippen LogP contribution in [0.15, 0.2) is 78.5 Å². The van der Waals surface area contributed by atoms with Gasteiger partial charge in [0.1, 0.15) is 6.04 Å². The minimum atomic E-state index is -4.71. The van der Waals surface area contributed by atoms with Crippen molar-refractivity contribution in [2.24, 2.45) is 0 Å². The third kappa shape index (κ3) is 6.81. The number of alkyl halides is 3. The number of morpholine rings is 1. The van der Waals surface area contributed by atoms with Crippen LogP contribution in [-0.2, 0) is 26.9 Å². The standard InChI is InChI=1S/C32H36F3N5O4/c1-2-14-39-26-21-40(30(42)27(26)28(37-31(39)43)23-11-6-7-12-24(23)32(33,34)35)25(20-22-9-4-3-5-10-22)29(41)36-13-8-15-38-16-18-44-19-17-38/h2-7,9-12,25,28H,1,8,13-21H2,(H,36,41)(H,37,43)/t25-,28+/m1/s1. The first-order valence-electron chi connectivity index (χ1n) is 14.7. The van der Waals surface area contributed by atoms with Crippen molar-refractivity contribution in [1.29, 1.82) is 0 Å². The number of nitrogens with one attached hydrogen (secondary N) is 2. The molecule has 1 fully saturated rings. The highest BCUT2D eigenvalue weighted by Gasteiger charge is 2.48. The molecule has 3 heterocycles. The Morgan fingerprint density at radius 2 is 1.80 bits per heavy atom. The molecule has 234 valence electrons. The lowest BCUT2D eigenvalue weighted by atomic mass is 9.91. The van der Waals surface area contributed by atoms with Crippen molar-refractivity contribution in [2.75, 3.05) is 52.5 Å². The van der Waals surface area contributed by atoms with Gasteiger partial charge in [0.2, 0.25) is 5.91 Å². The molecular formula is C32H36F3N5O4. The van der Waals surface area contributed by atoms with Gasteiger partial charge >= 0.3 is 12.2 Å². The van der Waals surface area contributed by atoms with E-state index in [4.69, 9.17) is 4.74 Å². The summed E-state index contributed by atoms with van der Waals surface area (Å²) < 4.78 is 47.5. The van der Waals surface area contributed by atoms with E-state index in [2.05, 4.69) is 22.1 Å². The number of ether oxygens (including phenoxy) is 1. The van der Waals surface area contributed by atoms with Crippen LogP contribution in [0.1, 0.15) is 29.2 Å². The summed E-state index contributed by atoms with van der Waals surface area (Å²) in [5, 5.41) is 5.58. The predicted octanol–water partition coefficient (Wildman–Crippen LogP) is 3.50. The highest BCUT2D eigenvalue weighted by atomic mass is 19.4. The largest absolute Gasteiger partial charge is 0.416 e. The fourth-order valence-corrected chi connectivity index (χ4v) is 5.97. The van der Waals surface area contributed by atoms with E-state index in [1.165, 1.54) is 34.1 Å². The zero-order valence-corrected chi connectivity index (χ0v) is 24.3. The first-order chi connectivity index (χ1) is 21.2. The molecule has 1 saturated heterocycles. The normalized spacial score (nSPS) is 19.9. The van der Waals surface area contributed by atoms with E-state index < -0.39 is 35.8 Å². The van der Waals surface area contributed by atoms with Gasteiger partial charge in [0.15, 0.2) is 0 Å². The fourth-order valence-electron chi connectivity index (χ4n) is 5.97. The monoisotopic (exact) mass is 611 g/mol. The minimum absolute atomic E-state index is 0.0151. The molecule has 0 aromatic heterocycles. The van der Waals surface area contributed by atoms with Crippen LogP contribution in [0.3, 0.4) is 0 Å². The highest BCUT2D eigenvalue weighted by Crippen LogP contribution is 2.42. The van der Waals surface area contributed by atoms with Gasteiger partial charge in [-0.15, -0.1) is 6.58 Å². The van der Waals surface area contributed by atoms with Gasteiger partial charge in [0, 0.05) is 32.6 Å². The Bertz CT molecular complexity index is 1410. The minimum Gasteiger partial charge on any atom is -0.379 e. The van der Waals surface area contributed by atoms with Crippen LogP contribution >= 0.6 is 0 Å². The summed E-state index contributed by atoms with van der Waals surface area (Å²) in [6.45, 7) is 7.81. The first-order valence-corrected chi connectivity index (χ1v) is 14.7. The van der Waals surface area contributed by atoms with Crippen LogP contribution in [0.5, 0.6) is 0 Å². The van der Waals surface area contributed by atoms with Crippen molar-refractivity contribution < 1.29 is 32.3 Å². The molecule has 0 bridgehead atoms. The van der Waals surface area contributed by atoms with Gasteiger partial charge in [-0.25, -0.2) is 4.79 Å². The molecule has 0 saturated carbocycles. The summed E-state index contributed by atoms with van der Waals surface area (Å²) in [6.07, 6.45) is -2.34. The molecule has 3 aliphatic heterocycles. The van der Waals surface area contributed by atoms with Crippen LogP contribution in [-0.4, -0.2) is 91.1 Å². The number of amides is 4.